The van der Waals surface area contributed by atoms with Crippen LogP contribution in [0.25, 0.3) is 10.9 Å². The van der Waals surface area contributed by atoms with E-state index in [2.05, 4.69) is 9.98 Å². The first-order chi connectivity index (χ1) is 13.9. The number of aromatic amines is 1. The first-order valence-electron chi connectivity index (χ1n) is 9.47. The Morgan fingerprint density at radius 3 is 2.59 bits per heavy atom. The van der Waals surface area contributed by atoms with Crippen LogP contribution in [0.2, 0.25) is 0 Å². The molecule has 0 bridgehead atoms. The van der Waals surface area contributed by atoms with Gasteiger partial charge in [-0.05, 0) is 48.9 Å². The van der Waals surface area contributed by atoms with Crippen molar-refractivity contribution < 1.29 is 23.0 Å². The monoisotopic (exact) mass is 403 g/mol. The standard InChI is InChI=1S/C22H23F3N2O2/c23-22(24,25)21(28)27-13-5-8-17(16-6-2-1-3-7-16)12-15-29-20-10-4-9-19-18(20)11-14-26-19/h1-4,6-7,9-11,14,17,26H,5,8,12-13,15H2,(H,27,28)/p-1. The van der Waals surface area contributed by atoms with Crippen molar-refractivity contribution >= 4 is 16.8 Å². The van der Waals surface area contributed by atoms with Crippen molar-refractivity contribution in [2.75, 3.05) is 13.2 Å². The van der Waals surface area contributed by atoms with Gasteiger partial charge in [0.25, 0.3) is 0 Å². The molecule has 0 radical (unpaired) electrons. The summed E-state index contributed by atoms with van der Waals surface area (Å²) in [5.74, 6) is -1.11. The molecule has 1 heterocycles. The number of fused-ring (bicyclic) bond motifs is 1. The van der Waals surface area contributed by atoms with Crippen LogP contribution in [0.1, 0.15) is 30.7 Å². The second kappa shape index (κ2) is 9.49. The minimum Gasteiger partial charge on any atom is -0.856 e. The van der Waals surface area contributed by atoms with E-state index in [1.807, 2.05) is 60.8 Å². The van der Waals surface area contributed by atoms with Gasteiger partial charge in [-0.25, -0.2) is 0 Å². The maximum Gasteiger partial charge on any atom is 0.419 e. The maximum atomic E-state index is 12.3. The molecule has 0 saturated heterocycles. The van der Waals surface area contributed by atoms with Gasteiger partial charge in [0.05, 0.1) is 12.5 Å². The zero-order valence-corrected chi connectivity index (χ0v) is 15.8. The summed E-state index contributed by atoms with van der Waals surface area (Å²) in [5, 5.41) is 11.9. The number of halogens is 3. The van der Waals surface area contributed by atoms with Crippen molar-refractivity contribution in [1.29, 1.82) is 0 Å². The average Bonchev–Trinajstić information content (AvgIpc) is 3.19. The Labute approximate surface area is 167 Å². The number of aliphatic imine (C=N–C) groups is 1. The van der Waals surface area contributed by atoms with Crippen molar-refractivity contribution in [2.45, 2.75) is 31.4 Å². The third-order valence-corrected chi connectivity index (χ3v) is 4.76. The number of alkyl halides is 3. The molecule has 1 aromatic heterocycles. The highest BCUT2D eigenvalue weighted by Gasteiger charge is 2.27. The van der Waals surface area contributed by atoms with Crippen LogP contribution in [0.4, 0.5) is 13.2 Å². The lowest BCUT2D eigenvalue weighted by Gasteiger charge is -2.18. The van der Waals surface area contributed by atoms with Gasteiger partial charge in [0.2, 0.25) is 0 Å². The number of benzene rings is 2. The Hall–Kier alpha value is -2.96. The molecular weight excluding hydrogens is 381 g/mol. The number of hydrogen-bond acceptors (Lipinski definition) is 3. The maximum absolute atomic E-state index is 12.3. The molecule has 0 aliphatic heterocycles. The van der Waals surface area contributed by atoms with Crippen LogP contribution in [-0.2, 0) is 0 Å². The van der Waals surface area contributed by atoms with E-state index in [1.165, 1.54) is 0 Å². The highest BCUT2D eigenvalue weighted by Crippen LogP contribution is 2.28. The zero-order valence-electron chi connectivity index (χ0n) is 15.8. The normalized spacial score (nSPS) is 13.6. The van der Waals surface area contributed by atoms with Gasteiger partial charge in [-0.15, -0.1) is 0 Å². The molecule has 4 nitrogen and oxygen atoms in total. The second-order valence-electron chi connectivity index (χ2n) is 6.77. The first kappa shape index (κ1) is 20.8. The van der Waals surface area contributed by atoms with Gasteiger partial charge >= 0.3 is 6.18 Å². The number of nitrogens with zero attached hydrogens (tertiary/aromatic N) is 1. The Morgan fingerprint density at radius 2 is 1.83 bits per heavy atom. The molecule has 7 heteroatoms. The minimum absolute atomic E-state index is 0.109. The molecule has 0 aliphatic rings. The van der Waals surface area contributed by atoms with Crippen LogP contribution in [0.15, 0.2) is 65.8 Å². The molecule has 1 N–H and O–H groups in total. The van der Waals surface area contributed by atoms with Gasteiger partial charge in [-0.1, -0.05) is 36.4 Å². The number of H-pyrrole nitrogens is 1. The lowest BCUT2D eigenvalue weighted by molar-refractivity contribution is -0.262. The SMILES string of the molecule is [O-]C(=NCCCC(CCOc1cccc2[nH]ccc12)c1ccccc1)C(F)(F)F. The summed E-state index contributed by atoms with van der Waals surface area (Å²) in [6, 6.07) is 17.5. The predicted molar refractivity (Wildman–Crippen MR) is 105 cm³/mol. The molecule has 0 aliphatic carbocycles. The van der Waals surface area contributed by atoms with Gasteiger partial charge in [0, 0.05) is 23.6 Å². The fourth-order valence-corrected chi connectivity index (χ4v) is 3.30. The van der Waals surface area contributed by atoms with Crippen LogP contribution < -0.4 is 9.84 Å². The predicted octanol–water partition coefficient (Wildman–Crippen LogP) is 4.82. The summed E-state index contributed by atoms with van der Waals surface area (Å²) in [7, 11) is 0. The molecule has 3 rings (SSSR count). The molecule has 2 aromatic carbocycles. The molecule has 1 atom stereocenters. The molecule has 154 valence electrons. The van der Waals surface area contributed by atoms with Gasteiger partial charge in [0.15, 0.2) is 0 Å². The minimum atomic E-state index is -4.90. The topological polar surface area (TPSA) is 60.4 Å². The van der Waals surface area contributed by atoms with E-state index < -0.39 is 12.1 Å². The van der Waals surface area contributed by atoms with E-state index >= 15 is 0 Å². The van der Waals surface area contributed by atoms with Crippen molar-refractivity contribution in [2.24, 2.45) is 4.99 Å². The van der Waals surface area contributed by atoms with E-state index in [9.17, 15) is 18.3 Å². The van der Waals surface area contributed by atoms with Crippen LogP contribution >= 0.6 is 0 Å². The number of aromatic nitrogens is 1. The lowest BCUT2D eigenvalue weighted by atomic mass is 9.91. The summed E-state index contributed by atoms with van der Waals surface area (Å²) in [4.78, 5) is 6.26. The fourth-order valence-electron chi connectivity index (χ4n) is 3.30. The quantitative estimate of drug-likeness (QED) is 0.316. The van der Waals surface area contributed by atoms with E-state index in [4.69, 9.17) is 4.74 Å². The van der Waals surface area contributed by atoms with Crippen LogP contribution in [0.5, 0.6) is 5.75 Å². The number of nitrogens with one attached hydrogen (secondary N) is 1. The Morgan fingerprint density at radius 1 is 1.03 bits per heavy atom. The smallest absolute Gasteiger partial charge is 0.419 e. The van der Waals surface area contributed by atoms with Gasteiger partial charge in [-0.2, -0.15) is 13.2 Å². The third kappa shape index (κ3) is 5.76. The van der Waals surface area contributed by atoms with Crippen molar-refractivity contribution in [3.8, 4) is 5.75 Å². The molecule has 1 unspecified atom stereocenters. The molecular formula is C22H22F3N2O2-. The van der Waals surface area contributed by atoms with Crippen LogP contribution in [0.3, 0.4) is 0 Å². The Kier molecular flexibility index (Phi) is 6.80. The Bertz CT molecular complexity index is 936. The molecule has 0 saturated carbocycles. The second-order valence-corrected chi connectivity index (χ2v) is 6.77. The zero-order chi connectivity index (χ0) is 20.7. The fraction of sp³-hybridized carbons (Fsp3) is 0.318. The Balaban J connectivity index is 1.58. The van der Waals surface area contributed by atoms with Gasteiger partial charge < -0.3 is 14.8 Å². The van der Waals surface area contributed by atoms with E-state index in [0.29, 0.717) is 25.9 Å². The van der Waals surface area contributed by atoms with Crippen molar-refractivity contribution in [1.82, 2.24) is 4.98 Å². The summed E-state index contributed by atoms with van der Waals surface area (Å²) in [6.07, 6.45) is -1.31. The van der Waals surface area contributed by atoms with E-state index in [-0.39, 0.29) is 12.5 Å². The van der Waals surface area contributed by atoms with Crippen molar-refractivity contribution in [3.05, 3.63) is 66.4 Å². The summed E-state index contributed by atoms with van der Waals surface area (Å²) < 4.78 is 42.7. The van der Waals surface area contributed by atoms with E-state index in [1.54, 1.807) is 0 Å². The number of rotatable bonds is 9. The summed E-state index contributed by atoms with van der Waals surface area (Å²) >= 11 is 0. The molecule has 3 aromatic rings. The first-order valence-corrected chi connectivity index (χ1v) is 9.47. The van der Waals surface area contributed by atoms with Crippen LogP contribution in [0, 0.1) is 0 Å². The van der Waals surface area contributed by atoms with Crippen molar-refractivity contribution in [3.63, 3.8) is 0 Å². The van der Waals surface area contributed by atoms with Gasteiger partial charge in [-0.3, -0.25) is 4.99 Å². The largest absolute Gasteiger partial charge is 0.856 e. The average molecular weight is 403 g/mol. The molecule has 0 fully saturated rings. The van der Waals surface area contributed by atoms with Crippen LogP contribution in [-0.4, -0.2) is 30.2 Å². The van der Waals surface area contributed by atoms with E-state index in [0.717, 1.165) is 22.2 Å². The molecule has 29 heavy (non-hydrogen) atoms. The molecule has 0 spiro atoms. The summed E-state index contributed by atoms with van der Waals surface area (Å²) in [5.41, 5.74) is 2.09. The highest BCUT2D eigenvalue weighted by atomic mass is 19.4. The highest BCUT2D eigenvalue weighted by molar-refractivity contribution is 5.85. The molecule has 0 amide bonds. The number of ether oxygens (including phenoxy) is 1. The lowest BCUT2D eigenvalue weighted by Crippen LogP contribution is -2.35. The summed E-state index contributed by atoms with van der Waals surface area (Å²) in [6.45, 7) is 0.341. The third-order valence-electron chi connectivity index (χ3n) is 4.76. The van der Waals surface area contributed by atoms with Gasteiger partial charge in [0.1, 0.15) is 5.75 Å². The number of hydrogen-bond donors (Lipinski definition) is 1.